The Hall–Kier alpha value is -2.00. The van der Waals surface area contributed by atoms with Gasteiger partial charge in [-0.2, -0.15) is 0 Å². The molecule has 4 aromatic rings. The van der Waals surface area contributed by atoms with Gasteiger partial charge in [0.2, 0.25) is 0 Å². The van der Waals surface area contributed by atoms with Gasteiger partial charge < -0.3 is 0 Å². The molecular weight excluding hydrogens is 609 g/mol. The second-order valence-corrected chi connectivity index (χ2v) is 25.5. The average molecular weight is 629 g/mol. The molecule has 0 heterocycles. The Labute approximate surface area is 187 Å². The molecule has 0 aliphatic heterocycles. The summed E-state index contributed by atoms with van der Waals surface area (Å²) in [5.41, 5.74) is 0. The molecule has 0 unspecified atom stereocenters. The SMILES string of the molecule is O=S(=O)(c1ccccc1)[N](Cl)[Pb]([c]1ccccc1)([c]1ccccc1)[c]1ccccc1. The number of halogens is 1. The van der Waals surface area contributed by atoms with E-state index in [2.05, 4.69) is 0 Å². The molecule has 0 atom stereocenters. The summed E-state index contributed by atoms with van der Waals surface area (Å²) in [7, 11) is -3.94. The van der Waals surface area contributed by atoms with Gasteiger partial charge in [-0.15, -0.1) is 0 Å². The van der Waals surface area contributed by atoms with Gasteiger partial charge in [0, 0.05) is 0 Å². The third-order valence-electron chi connectivity index (χ3n) is 5.09. The first-order chi connectivity index (χ1) is 14.6. The van der Waals surface area contributed by atoms with Crippen LogP contribution in [0.4, 0.5) is 0 Å². The topological polar surface area (TPSA) is 37.4 Å². The van der Waals surface area contributed by atoms with Crippen molar-refractivity contribution < 1.29 is 8.42 Å². The minimum absolute atomic E-state index is 0.187. The molecule has 0 spiro atoms. The van der Waals surface area contributed by atoms with Crippen molar-refractivity contribution in [2.75, 3.05) is 0 Å². The molecule has 4 rings (SSSR count). The quantitative estimate of drug-likeness (QED) is 0.242. The summed E-state index contributed by atoms with van der Waals surface area (Å²) in [5, 5.41) is 0. The molecule has 150 valence electrons. The molecule has 6 heteroatoms. The van der Waals surface area contributed by atoms with Gasteiger partial charge in [-0.1, -0.05) is 0 Å². The molecule has 0 amide bonds. The second kappa shape index (κ2) is 9.01. The van der Waals surface area contributed by atoms with Crippen LogP contribution in [0.15, 0.2) is 126 Å². The van der Waals surface area contributed by atoms with Crippen LogP contribution in [0.2, 0.25) is 0 Å². The molecule has 0 aliphatic carbocycles. The van der Waals surface area contributed by atoms with E-state index < -0.39 is 31.5 Å². The second-order valence-electron chi connectivity index (χ2n) is 6.84. The first-order valence-corrected chi connectivity index (χ1v) is 18.9. The Balaban J connectivity index is 2.08. The summed E-state index contributed by atoms with van der Waals surface area (Å²) in [6.45, 7) is 0. The van der Waals surface area contributed by atoms with Crippen molar-refractivity contribution in [3.63, 3.8) is 0 Å². The van der Waals surface area contributed by atoms with Gasteiger partial charge in [0.25, 0.3) is 0 Å². The molecule has 3 nitrogen and oxygen atoms in total. The van der Waals surface area contributed by atoms with E-state index in [1.165, 1.54) is 1.63 Å². The number of sulfonamides is 1. The van der Waals surface area contributed by atoms with Gasteiger partial charge in [0.05, 0.1) is 0 Å². The van der Waals surface area contributed by atoms with E-state index in [-0.39, 0.29) is 4.90 Å². The minimum atomic E-state index is -4.58. The third-order valence-corrected chi connectivity index (χ3v) is 30.0. The molecule has 0 N–H and O–H groups in total. The number of benzene rings is 4. The summed E-state index contributed by atoms with van der Waals surface area (Å²) < 4.78 is 31.6. The van der Waals surface area contributed by atoms with Crippen molar-refractivity contribution in [1.82, 2.24) is 1.63 Å². The maximum atomic E-state index is 13.7. The average Bonchev–Trinajstić information content (AvgIpc) is 2.82. The predicted molar refractivity (Wildman–Crippen MR) is 125 cm³/mol. The standard InChI is InChI=1S/C6H5ClNO2S.3C6H5.Pb/c7-8-11(9,10)6-4-2-1-3-5-6;3*1-2-4-6-5-3-1;/h1-5H;3*1-5H;/q-1;;;;+1. The van der Waals surface area contributed by atoms with Crippen molar-refractivity contribution in [3.8, 4) is 0 Å². The van der Waals surface area contributed by atoms with Crippen molar-refractivity contribution >= 4 is 52.6 Å². The van der Waals surface area contributed by atoms with Crippen LogP contribution in [0.3, 0.4) is 0 Å². The Bertz CT molecular complexity index is 1110. The molecule has 0 bridgehead atoms. The maximum absolute atomic E-state index is 13.7. The van der Waals surface area contributed by atoms with Crippen LogP contribution in [0, 0.1) is 0 Å². The predicted octanol–water partition coefficient (Wildman–Crippen LogP) is 3.50. The van der Waals surface area contributed by atoms with Crippen LogP contribution in [-0.4, -0.2) is 31.5 Å². The van der Waals surface area contributed by atoms with Gasteiger partial charge in [-0.05, 0) is 0 Å². The molecule has 30 heavy (non-hydrogen) atoms. The molecule has 0 saturated carbocycles. The van der Waals surface area contributed by atoms with Crippen molar-refractivity contribution in [2.24, 2.45) is 0 Å². The first-order valence-electron chi connectivity index (χ1n) is 9.51. The van der Waals surface area contributed by atoms with Gasteiger partial charge in [-0.25, -0.2) is 0 Å². The Morgan fingerprint density at radius 1 is 0.533 bits per heavy atom. The van der Waals surface area contributed by atoms with E-state index in [0.29, 0.717) is 0 Å². The van der Waals surface area contributed by atoms with Gasteiger partial charge in [0.1, 0.15) is 0 Å². The number of rotatable bonds is 6. The van der Waals surface area contributed by atoms with Crippen LogP contribution >= 0.6 is 11.8 Å². The number of hydrogen-bond donors (Lipinski definition) is 0. The Morgan fingerprint density at radius 3 is 1.17 bits per heavy atom. The van der Waals surface area contributed by atoms with Crippen LogP contribution in [-0.2, 0) is 10.0 Å². The summed E-state index contributed by atoms with van der Waals surface area (Å²) in [4.78, 5) is 0.187. The molecule has 0 aromatic heterocycles. The first kappa shape index (κ1) is 21.2. The molecular formula is C24H20ClNO2PbS. The summed E-state index contributed by atoms with van der Waals surface area (Å²) in [5.74, 6) is 0. The summed E-state index contributed by atoms with van der Waals surface area (Å²) >= 11 is 2.40. The number of hydrogen-bond acceptors (Lipinski definition) is 2. The molecule has 0 saturated heterocycles. The van der Waals surface area contributed by atoms with Gasteiger partial charge in [0.15, 0.2) is 0 Å². The molecule has 0 aliphatic rings. The van der Waals surface area contributed by atoms with Crippen LogP contribution < -0.4 is 9.37 Å². The van der Waals surface area contributed by atoms with E-state index in [1.807, 2.05) is 91.0 Å². The molecule has 0 fully saturated rings. The summed E-state index contributed by atoms with van der Waals surface area (Å²) in [6.07, 6.45) is 0. The van der Waals surface area contributed by atoms with Crippen LogP contribution in [0.1, 0.15) is 0 Å². The van der Waals surface area contributed by atoms with Crippen molar-refractivity contribution in [3.05, 3.63) is 121 Å². The number of nitrogens with zero attached hydrogens (tertiary/aromatic N) is 1. The van der Waals surface area contributed by atoms with E-state index in [1.54, 1.807) is 30.3 Å². The Kier molecular flexibility index (Phi) is 6.38. The fourth-order valence-corrected chi connectivity index (χ4v) is 29.9. The van der Waals surface area contributed by atoms with E-state index in [4.69, 9.17) is 11.8 Å². The van der Waals surface area contributed by atoms with Crippen LogP contribution in [0.25, 0.3) is 0 Å². The normalized spacial score (nSPS) is 12.1. The van der Waals surface area contributed by atoms with E-state index in [9.17, 15) is 8.42 Å². The molecule has 0 radical (unpaired) electrons. The zero-order chi connectivity index (χ0) is 21.0. The Morgan fingerprint density at radius 2 is 0.833 bits per heavy atom. The van der Waals surface area contributed by atoms with Crippen molar-refractivity contribution in [1.29, 1.82) is 0 Å². The van der Waals surface area contributed by atoms with E-state index in [0.717, 1.165) is 9.37 Å². The monoisotopic (exact) mass is 629 g/mol. The summed E-state index contributed by atoms with van der Waals surface area (Å²) in [6, 6.07) is 37.8. The fourth-order valence-electron chi connectivity index (χ4n) is 3.71. The third kappa shape index (κ3) is 3.73. The molecule has 4 aromatic carbocycles. The van der Waals surface area contributed by atoms with Crippen LogP contribution in [0.5, 0.6) is 0 Å². The van der Waals surface area contributed by atoms with Gasteiger partial charge in [-0.3, -0.25) is 0 Å². The van der Waals surface area contributed by atoms with E-state index >= 15 is 0 Å². The zero-order valence-electron chi connectivity index (χ0n) is 16.1. The fraction of sp³-hybridized carbons (Fsp3) is 0. The van der Waals surface area contributed by atoms with Gasteiger partial charge >= 0.3 is 189 Å². The zero-order valence-corrected chi connectivity index (χ0v) is 21.6. The van der Waals surface area contributed by atoms with Crippen molar-refractivity contribution in [2.45, 2.75) is 4.90 Å².